The molecule has 0 fully saturated rings. The highest BCUT2D eigenvalue weighted by atomic mass is 16.5. The van der Waals surface area contributed by atoms with E-state index in [-0.39, 0.29) is 0 Å². The van der Waals surface area contributed by atoms with E-state index in [0.717, 1.165) is 16.7 Å². The van der Waals surface area contributed by atoms with Crippen molar-refractivity contribution in [2.24, 2.45) is 0 Å². The Labute approximate surface area is 111 Å². The molecule has 0 aliphatic carbocycles. The van der Waals surface area contributed by atoms with E-state index in [2.05, 4.69) is 4.98 Å². The number of aliphatic hydroxyl groups is 1. The summed E-state index contributed by atoms with van der Waals surface area (Å²) in [5, 5.41) is 10.4. The van der Waals surface area contributed by atoms with E-state index in [1.165, 1.54) is 5.56 Å². The molecule has 0 radical (unpaired) electrons. The molecule has 3 rings (SSSR count). The Balaban J connectivity index is 1.92. The lowest BCUT2D eigenvalue weighted by molar-refractivity contribution is 0.134. The molecule has 1 unspecified atom stereocenters. The van der Waals surface area contributed by atoms with Gasteiger partial charge in [-0.25, -0.2) is 0 Å². The summed E-state index contributed by atoms with van der Waals surface area (Å²) in [7, 11) is 1.58. The normalized spacial score (nSPS) is 15.1. The highest BCUT2D eigenvalue weighted by Crippen LogP contribution is 2.28. The Morgan fingerprint density at radius 2 is 2.00 bits per heavy atom. The maximum atomic E-state index is 10.4. The summed E-state index contributed by atoms with van der Waals surface area (Å²) < 4.78 is 10.5. The number of aromatic nitrogens is 1. The van der Waals surface area contributed by atoms with E-state index in [4.69, 9.17) is 9.47 Å². The van der Waals surface area contributed by atoms with Crippen molar-refractivity contribution < 1.29 is 14.6 Å². The number of pyridine rings is 1. The second-order valence-electron chi connectivity index (χ2n) is 4.58. The van der Waals surface area contributed by atoms with Crippen LogP contribution in [0.5, 0.6) is 5.75 Å². The summed E-state index contributed by atoms with van der Waals surface area (Å²) in [4.78, 5) is 4.06. The van der Waals surface area contributed by atoms with Gasteiger partial charge < -0.3 is 14.6 Å². The minimum absolute atomic E-state index is 0.617. The van der Waals surface area contributed by atoms with Crippen LogP contribution in [0.4, 0.5) is 0 Å². The second kappa shape index (κ2) is 4.99. The van der Waals surface area contributed by atoms with E-state index < -0.39 is 6.10 Å². The number of hydrogen-bond acceptors (Lipinski definition) is 4. The molecule has 1 aliphatic heterocycles. The molecule has 0 bridgehead atoms. The van der Waals surface area contributed by atoms with Gasteiger partial charge in [-0.3, -0.25) is 4.98 Å². The van der Waals surface area contributed by atoms with Crippen molar-refractivity contribution in [3.05, 3.63) is 58.9 Å². The monoisotopic (exact) mass is 257 g/mol. The van der Waals surface area contributed by atoms with Crippen molar-refractivity contribution in [2.45, 2.75) is 19.3 Å². The van der Waals surface area contributed by atoms with Crippen LogP contribution in [0.1, 0.15) is 28.4 Å². The van der Waals surface area contributed by atoms with Crippen LogP contribution in [0.2, 0.25) is 0 Å². The van der Waals surface area contributed by atoms with Gasteiger partial charge in [-0.1, -0.05) is 18.2 Å². The lowest BCUT2D eigenvalue weighted by Crippen LogP contribution is -2.02. The Bertz CT molecular complexity index is 598. The first kappa shape index (κ1) is 12.1. The third kappa shape index (κ3) is 2.32. The number of nitrogens with zero attached hydrogens (tertiary/aromatic N) is 1. The number of fused-ring (bicyclic) bond motifs is 1. The number of methoxy groups -OCH3 is 1. The SMILES string of the molecule is COc1cncc(C(O)c2ccc3c(c2)COC3)c1. The van der Waals surface area contributed by atoms with Crippen molar-refractivity contribution in [3.63, 3.8) is 0 Å². The number of rotatable bonds is 3. The molecule has 19 heavy (non-hydrogen) atoms. The molecular weight excluding hydrogens is 242 g/mol. The first-order valence-corrected chi connectivity index (χ1v) is 6.14. The molecule has 0 amide bonds. The van der Waals surface area contributed by atoms with Gasteiger partial charge in [0.25, 0.3) is 0 Å². The fourth-order valence-electron chi connectivity index (χ4n) is 2.25. The zero-order valence-corrected chi connectivity index (χ0v) is 10.7. The summed E-state index contributed by atoms with van der Waals surface area (Å²) in [5.41, 5.74) is 3.91. The summed E-state index contributed by atoms with van der Waals surface area (Å²) >= 11 is 0. The predicted molar refractivity (Wildman–Crippen MR) is 69.8 cm³/mol. The molecule has 4 nitrogen and oxygen atoms in total. The van der Waals surface area contributed by atoms with Crippen LogP contribution in [-0.4, -0.2) is 17.2 Å². The fourth-order valence-corrected chi connectivity index (χ4v) is 2.25. The second-order valence-corrected chi connectivity index (χ2v) is 4.58. The Kier molecular flexibility index (Phi) is 3.19. The standard InChI is InChI=1S/C15H15NO3/c1-18-14-5-12(6-16-7-14)15(17)10-2-3-11-8-19-9-13(11)4-10/h2-7,15,17H,8-9H2,1H3. The average Bonchev–Trinajstić information content (AvgIpc) is 2.94. The molecule has 4 heteroatoms. The molecule has 0 spiro atoms. The van der Waals surface area contributed by atoms with E-state index in [1.54, 1.807) is 25.6 Å². The highest BCUT2D eigenvalue weighted by molar-refractivity contribution is 5.38. The van der Waals surface area contributed by atoms with Crippen molar-refractivity contribution in [1.29, 1.82) is 0 Å². The molecular formula is C15H15NO3. The predicted octanol–water partition coefficient (Wildman–Crippen LogP) is 2.20. The lowest BCUT2D eigenvalue weighted by atomic mass is 9.99. The number of hydrogen-bond donors (Lipinski definition) is 1. The molecule has 1 aliphatic rings. The Hall–Kier alpha value is -1.91. The molecule has 1 N–H and O–H groups in total. The molecule has 1 aromatic heterocycles. The van der Waals surface area contributed by atoms with Crippen molar-refractivity contribution >= 4 is 0 Å². The quantitative estimate of drug-likeness (QED) is 0.915. The summed E-state index contributed by atoms with van der Waals surface area (Å²) in [5.74, 6) is 0.640. The number of benzene rings is 1. The van der Waals surface area contributed by atoms with Crippen LogP contribution in [0, 0.1) is 0 Å². The number of aliphatic hydroxyl groups excluding tert-OH is 1. The van der Waals surface area contributed by atoms with Crippen LogP contribution in [0.15, 0.2) is 36.7 Å². The Morgan fingerprint density at radius 1 is 1.16 bits per heavy atom. The molecule has 1 atom stereocenters. The third-order valence-electron chi connectivity index (χ3n) is 3.35. The van der Waals surface area contributed by atoms with E-state index in [9.17, 15) is 5.11 Å². The van der Waals surface area contributed by atoms with Crippen LogP contribution >= 0.6 is 0 Å². The van der Waals surface area contributed by atoms with Gasteiger partial charge in [-0.15, -0.1) is 0 Å². The summed E-state index contributed by atoms with van der Waals surface area (Å²) in [6, 6.07) is 7.72. The lowest BCUT2D eigenvalue weighted by Gasteiger charge is -2.13. The summed E-state index contributed by atoms with van der Waals surface area (Å²) in [6.45, 7) is 1.28. The van der Waals surface area contributed by atoms with Crippen molar-refractivity contribution in [2.75, 3.05) is 7.11 Å². The van der Waals surface area contributed by atoms with E-state index in [1.807, 2.05) is 18.2 Å². The first-order valence-electron chi connectivity index (χ1n) is 6.14. The van der Waals surface area contributed by atoms with Gasteiger partial charge in [0, 0.05) is 11.8 Å². The largest absolute Gasteiger partial charge is 0.495 e. The molecule has 98 valence electrons. The zero-order valence-electron chi connectivity index (χ0n) is 10.7. The third-order valence-corrected chi connectivity index (χ3v) is 3.35. The van der Waals surface area contributed by atoms with Gasteiger partial charge in [-0.05, 0) is 22.8 Å². The maximum Gasteiger partial charge on any atom is 0.137 e. The van der Waals surface area contributed by atoms with E-state index >= 15 is 0 Å². The Morgan fingerprint density at radius 3 is 2.84 bits per heavy atom. The van der Waals surface area contributed by atoms with Crippen LogP contribution < -0.4 is 4.74 Å². The molecule has 2 aromatic rings. The van der Waals surface area contributed by atoms with Gasteiger partial charge in [-0.2, -0.15) is 0 Å². The van der Waals surface area contributed by atoms with Crippen molar-refractivity contribution in [3.8, 4) is 5.75 Å². The highest BCUT2D eigenvalue weighted by Gasteiger charge is 2.16. The van der Waals surface area contributed by atoms with Crippen molar-refractivity contribution in [1.82, 2.24) is 4.98 Å². The minimum Gasteiger partial charge on any atom is -0.495 e. The number of ether oxygens (including phenoxy) is 2. The van der Waals surface area contributed by atoms with Crippen LogP contribution in [0.3, 0.4) is 0 Å². The zero-order chi connectivity index (χ0) is 13.2. The molecule has 0 saturated heterocycles. The van der Waals surface area contributed by atoms with Gasteiger partial charge in [0.05, 0.1) is 26.5 Å². The maximum absolute atomic E-state index is 10.4. The van der Waals surface area contributed by atoms with Gasteiger partial charge in [0.15, 0.2) is 0 Å². The van der Waals surface area contributed by atoms with Gasteiger partial charge in [0.1, 0.15) is 11.9 Å². The smallest absolute Gasteiger partial charge is 0.137 e. The average molecular weight is 257 g/mol. The molecule has 2 heterocycles. The fraction of sp³-hybridized carbons (Fsp3) is 0.267. The van der Waals surface area contributed by atoms with Crippen LogP contribution in [0.25, 0.3) is 0 Å². The summed E-state index contributed by atoms with van der Waals surface area (Å²) in [6.07, 6.45) is 2.57. The van der Waals surface area contributed by atoms with E-state index in [0.29, 0.717) is 19.0 Å². The van der Waals surface area contributed by atoms with Gasteiger partial charge >= 0.3 is 0 Å². The first-order chi connectivity index (χ1) is 9.28. The minimum atomic E-state index is -0.700. The molecule has 0 saturated carbocycles. The molecule has 1 aromatic carbocycles. The van der Waals surface area contributed by atoms with Gasteiger partial charge in [0.2, 0.25) is 0 Å². The van der Waals surface area contributed by atoms with Crippen LogP contribution in [-0.2, 0) is 18.0 Å². The topological polar surface area (TPSA) is 51.6 Å².